The highest BCUT2D eigenvalue weighted by molar-refractivity contribution is 7.93. The van der Waals surface area contributed by atoms with Crippen molar-refractivity contribution in [3.05, 3.63) is 36.4 Å². The second-order valence-corrected chi connectivity index (χ2v) is 9.88. The van der Waals surface area contributed by atoms with Crippen molar-refractivity contribution in [2.75, 3.05) is 30.5 Å². The second-order valence-electron chi connectivity index (χ2n) is 8.05. The predicted octanol–water partition coefficient (Wildman–Crippen LogP) is 2.40. The van der Waals surface area contributed by atoms with Gasteiger partial charge >= 0.3 is 5.97 Å². The van der Waals surface area contributed by atoms with Crippen LogP contribution in [0.3, 0.4) is 0 Å². The van der Waals surface area contributed by atoms with E-state index in [1.807, 2.05) is 12.1 Å². The average Bonchev–Trinajstić information content (AvgIpc) is 2.89. The Balaban J connectivity index is 1.44. The van der Waals surface area contributed by atoms with E-state index in [1.54, 1.807) is 23.1 Å². The lowest BCUT2D eigenvalue weighted by atomic mass is 9.92. The van der Waals surface area contributed by atoms with E-state index in [-0.39, 0.29) is 17.4 Å². The highest BCUT2D eigenvalue weighted by atomic mass is 32.2. The summed E-state index contributed by atoms with van der Waals surface area (Å²) in [6.07, 6.45) is 1.07. The van der Waals surface area contributed by atoms with E-state index in [4.69, 9.17) is 4.74 Å². The molecule has 7 nitrogen and oxygen atoms in total. The molecule has 0 radical (unpaired) electrons. The molecule has 0 spiro atoms. The molecule has 8 heteroatoms. The summed E-state index contributed by atoms with van der Waals surface area (Å²) in [6.45, 7) is 4.66. The third kappa shape index (κ3) is 3.57. The van der Waals surface area contributed by atoms with Crippen molar-refractivity contribution >= 4 is 38.4 Å². The standard InChI is InChI=1S/C21H24N2O5S/c1-14-9-15(2)11-22(10-14)19(24)13-28-20(25)12-23-17-7-3-5-16-6-4-8-18(21(16)17)29(23,26)27/h3-8,14-15H,9-13H2,1-2H3/t14-,15-/m1/s1. The first kappa shape index (κ1) is 19.7. The lowest BCUT2D eigenvalue weighted by molar-refractivity contribution is -0.151. The molecule has 1 saturated heterocycles. The van der Waals surface area contributed by atoms with Crippen LogP contribution < -0.4 is 4.31 Å². The van der Waals surface area contributed by atoms with E-state index in [9.17, 15) is 18.0 Å². The molecule has 2 aromatic carbocycles. The average molecular weight is 416 g/mol. The summed E-state index contributed by atoms with van der Waals surface area (Å²) in [5.74, 6) is -0.171. The van der Waals surface area contributed by atoms with Crippen LogP contribution in [0.5, 0.6) is 0 Å². The molecule has 2 aliphatic heterocycles. The molecular formula is C21H24N2O5S. The number of carbonyl (C=O) groups is 2. The Bertz CT molecular complexity index is 1070. The number of esters is 1. The van der Waals surface area contributed by atoms with Gasteiger partial charge in [0.1, 0.15) is 6.54 Å². The number of carbonyl (C=O) groups excluding carboxylic acids is 2. The summed E-state index contributed by atoms with van der Waals surface area (Å²) >= 11 is 0. The highest BCUT2D eigenvalue weighted by Gasteiger charge is 2.37. The van der Waals surface area contributed by atoms with Crippen molar-refractivity contribution in [1.82, 2.24) is 4.90 Å². The summed E-state index contributed by atoms with van der Waals surface area (Å²) in [5.41, 5.74) is 0.458. The van der Waals surface area contributed by atoms with Crippen LogP contribution >= 0.6 is 0 Å². The lowest BCUT2D eigenvalue weighted by Gasteiger charge is -2.34. The molecule has 29 heavy (non-hydrogen) atoms. The zero-order valence-electron chi connectivity index (χ0n) is 16.5. The second kappa shape index (κ2) is 7.33. The van der Waals surface area contributed by atoms with Crippen molar-refractivity contribution in [3.8, 4) is 0 Å². The number of likely N-dealkylation sites (tertiary alicyclic amines) is 1. The summed E-state index contributed by atoms with van der Waals surface area (Å²) < 4.78 is 32.0. The minimum Gasteiger partial charge on any atom is -0.454 e. The van der Waals surface area contributed by atoms with Gasteiger partial charge in [0.25, 0.3) is 15.9 Å². The molecule has 4 rings (SSSR count). The fourth-order valence-corrected chi connectivity index (χ4v) is 6.05. The van der Waals surface area contributed by atoms with E-state index in [1.165, 1.54) is 6.07 Å². The highest BCUT2D eigenvalue weighted by Crippen LogP contribution is 2.41. The van der Waals surface area contributed by atoms with Gasteiger partial charge in [-0.15, -0.1) is 0 Å². The van der Waals surface area contributed by atoms with E-state index in [2.05, 4.69) is 13.8 Å². The molecule has 2 aliphatic rings. The zero-order valence-corrected chi connectivity index (χ0v) is 17.3. The molecule has 1 fully saturated rings. The van der Waals surface area contributed by atoms with Crippen LogP contribution in [0.2, 0.25) is 0 Å². The Morgan fingerprint density at radius 1 is 1.07 bits per heavy atom. The van der Waals surface area contributed by atoms with E-state index < -0.39 is 22.5 Å². The van der Waals surface area contributed by atoms with E-state index >= 15 is 0 Å². The van der Waals surface area contributed by atoms with Gasteiger partial charge in [-0.25, -0.2) is 8.42 Å². The van der Waals surface area contributed by atoms with Gasteiger partial charge in [0.15, 0.2) is 6.61 Å². The van der Waals surface area contributed by atoms with Gasteiger partial charge in [0.2, 0.25) is 0 Å². The lowest BCUT2D eigenvalue weighted by Crippen LogP contribution is -2.44. The topological polar surface area (TPSA) is 84.0 Å². The molecular weight excluding hydrogens is 392 g/mol. The summed E-state index contributed by atoms with van der Waals surface area (Å²) in [4.78, 5) is 26.7. The van der Waals surface area contributed by atoms with Crippen LogP contribution in [0.1, 0.15) is 20.3 Å². The quantitative estimate of drug-likeness (QED) is 0.715. The van der Waals surface area contributed by atoms with Crippen molar-refractivity contribution in [2.24, 2.45) is 11.8 Å². The van der Waals surface area contributed by atoms with Gasteiger partial charge in [-0.2, -0.15) is 0 Å². The van der Waals surface area contributed by atoms with Crippen LogP contribution in [0, 0.1) is 11.8 Å². The number of hydrogen-bond acceptors (Lipinski definition) is 5. The Kier molecular flexibility index (Phi) is 4.98. The largest absolute Gasteiger partial charge is 0.454 e. The van der Waals surface area contributed by atoms with Gasteiger partial charge in [-0.1, -0.05) is 38.1 Å². The number of anilines is 1. The van der Waals surface area contributed by atoms with Crippen LogP contribution in [-0.4, -0.2) is 51.4 Å². The fraction of sp³-hybridized carbons (Fsp3) is 0.429. The maximum atomic E-state index is 12.9. The molecule has 1 amide bonds. The first-order chi connectivity index (χ1) is 13.8. The predicted molar refractivity (Wildman–Crippen MR) is 109 cm³/mol. The van der Waals surface area contributed by atoms with Crippen LogP contribution in [0.25, 0.3) is 10.8 Å². The summed E-state index contributed by atoms with van der Waals surface area (Å²) in [5, 5.41) is 1.40. The number of nitrogens with zero attached hydrogens (tertiary/aromatic N) is 2. The fourth-order valence-electron chi connectivity index (χ4n) is 4.39. The molecule has 0 bridgehead atoms. The smallest absolute Gasteiger partial charge is 0.327 e. The molecule has 2 aromatic rings. The van der Waals surface area contributed by atoms with Crippen LogP contribution in [0.4, 0.5) is 5.69 Å². The Labute approximate surface area is 170 Å². The maximum absolute atomic E-state index is 12.9. The monoisotopic (exact) mass is 416 g/mol. The first-order valence-corrected chi connectivity index (χ1v) is 11.2. The summed E-state index contributed by atoms with van der Waals surface area (Å²) in [7, 11) is -3.83. The third-order valence-corrected chi connectivity index (χ3v) is 7.33. The summed E-state index contributed by atoms with van der Waals surface area (Å²) in [6, 6.07) is 10.3. The minimum atomic E-state index is -3.83. The molecule has 0 unspecified atom stereocenters. The minimum absolute atomic E-state index is 0.186. The molecule has 0 N–H and O–H groups in total. The van der Waals surface area contributed by atoms with Crippen LogP contribution in [0.15, 0.2) is 41.3 Å². The van der Waals surface area contributed by atoms with Gasteiger partial charge in [0, 0.05) is 18.5 Å². The number of piperidine rings is 1. The Morgan fingerprint density at radius 2 is 1.72 bits per heavy atom. The number of ether oxygens (including phenoxy) is 1. The number of benzene rings is 2. The van der Waals surface area contributed by atoms with Crippen LogP contribution in [-0.2, 0) is 24.3 Å². The Hall–Kier alpha value is -2.61. The van der Waals surface area contributed by atoms with E-state index in [0.717, 1.165) is 16.1 Å². The van der Waals surface area contributed by atoms with Gasteiger partial charge in [0.05, 0.1) is 10.6 Å². The Morgan fingerprint density at radius 3 is 2.41 bits per heavy atom. The first-order valence-electron chi connectivity index (χ1n) is 9.75. The number of hydrogen-bond donors (Lipinski definition) is 0. The number of amides is 1. The SMILES string of the molecule is C[C@@H]1C[C@@H](C)CN(C(=O)COC(=O)CN2c3cccc4cccc(c34)S2(=O)=O)C1. The van der Waals surface area contributed by atoms with Crippen molar-refractivity contribution in [3.63, 3.8) is 0 Å². The number of rotatable bonds is 4. The maximum Gasteiger partial charge on any atom is 0.327 e. The normalized spacial score (nSPS) is 22.7. The molecule has 154 valence electrons. The number of sulfonamides is 1. The molecule has 2 heterocycles. The van der Waals surface area contributed by atoms with Crippen molar-refractivity contribution < 1.29 is 22.7 Å². The molecule has 0 aromatic heterocycles. The van der Waals surface area contributed by atoms with E-state index in [0.29, 0.717) is 36.0 Å². The van der Waals surface area contributed by atoms with Gasteiger partial charge in [-0.3, -0.25) is 13.9 Å². The molecule has 2 atom stereocenters. The molecule has 0 aliphatic carbocycles. The van der Waals surface area contributed by atoms with Gasteiger partial charge in [-0.05, 0) is 35.8 Å². The molecule has 0 saturated carbocycles. The van der Waals surface area contributed by atoms with Crippen molar-refractivity contribution in [1.29, 1.82) is 0 Å². The van der Waals surface area contributed by atoms with Gasteiger partial charge < -0.3 is 9.64 Å². The third-order valence-electron chi connectivity index (χ3n) is 5.53. The zero-order chi connectivity index (χ0) is 20.8. The van der Waals surface area contributed by atoms with Crippen molar-refractivity contribution in [2.45, 2.75) is 25.2 Å².